The first kappa shape index (κ1) is 23.2. The number of unbranched alkanes of at least 4 members (excludes halogenated alkanes) is 11. The van der Waals surface area contributed by atoms with Crippen molar-refractivity contribution in [1.82, 2.24) is 0 Å². The lowest BCUT2D eigenvalue weighted by Gasteiger charge is -2.15. The molecule has 3 heteroatoms. The van der Waals surface area contributed by atoms with Gasteiger partial charge in [0.25, 0.3) is 0 Å². The molecular weight excluding hydrogens is 300 g/mol. The molecule has 142 valence electrons. The summed E-state index contributed by atoms with van der Waals surface area (Å²) in [5.41, 5.74) is 0.625. The number of rotatable bonds is 15. The lowest BCUT2D eigenvalue weighted by molar-refractivity contribution is 0.0440. The molecule has 0 amide bonds. The van der Waals surface area contributed by atoms with Gasteiger partial charge in [-0.05, 0) is 32.3 Å². The van der Waals surface area contributed by atoms with Gasteiger partial charge in [0, 0.05) is 0 Å². The predicted molar refractivity (Wildman–Crippen MR) is 103 cm³/mol. The maximum atomic E-state index is 9.78. The van der Waals surface area contributed by atoms with Crippen LogP contribution in [0, 0.1) is 0 Å². The minimum Gasteiger partial charge on any atom is -0.510 e. The van der Waals surface area contributed by atoms with Gasteiger partial charge in [-0.1, -0.05) is 83.3 Å². The molecule has 0 radical (unpaired) electrons. The maximum absolute atomic E-state index is 9.78. The molecule has 0 heterocycles. The molecule has 0 unspecified atom stereocenters. The van der Waals surface area contributed by atoms with Gasteiger partial charge in [0.1, 0.15) is 18.0 Å². The molecule has 0 aromatic carbocycles. The summed E-state index contributed by atoms with van der Waals surface area (Å²) in [5.74, 6) is -0.137. The van der Waals surface area contributed by atoms with Gasteiger partial charge in [-0.25, -0.2) is 0 Å². The lowest BCUT2D eigenvalue weighted by atomic mass is 10.0. The Labute approximate surface area is 149 Å². The largest absolute Gasteiger partial charge is 0.510 e. The van der Waals surface area contributed by atoms with Gasteiger partial charge in [0.2, 0.25) is 0 Å². The van der Waals surface area contributed by atoms with Gasteiger partial charge >= 0.3 is 0 Å². The molecule has 24 heavy (non-hydrogen) atoms. The van der Waals surface area contributed by atoms with Crippen LogP contribution in [0.2, 0.25) is 0 Å². The zero-order chi connectivity index (χ0) is 18.2. The van der Waals surface area contributed by atoms with Crippen LogP contribution >= 0.6 is 0 Å². The Bertz CT molecular complexity index is 343. The Hall–Kier alpha value is -0.800. The van der Waals surface area contributed by atoms with E-state index < -0.39 is 12.2 Å². The van der Waals surface area contributed by atoms with Crippen LogP contribution in [0.4, 0.5) is 0 Å². The summed E-state index contributed by atoms with van der Waals surface area (Å²) in [6.45, 7) is 5.67. The van der Waals surface area contributed by atoms with Gasteiger partial charge in [-0.2, -0.15) is 0 Å². The van der Waals surface area contributed by atoms with Crippen LogP contribution in [-0.2, 0) is 0 Å². The minimum atomic E-state index is -1.22. The van der Waals surface area contributed by atoms with E-state index in [0.717, 1.165) is 12.8 Å². The molecule has 0 aliphatic rings. The van der Waals surface area contributed by atoms with Crippen LogP contribution in [0.3, 0.4) is 0 Å². The van der Waals surface area contributed by atoms with Crippen molar-refractivity contribution >= 4 is 0 Å². The van der Waals surface area contributed by atoms with Crippen LogP contribution in [0.5, 0.6) is 0 Å². The first-order chi connectivity index (χ1) is 11.5. The van der Waals surface area contributed by atoms with Gasteiger partial charge in [0.05, 0.1) is 0 Å². The van der Waals surface area contributed by atoms with Crippen LogP contribution < -0.4 is 0 Å². The zero-order valence-electron chi connectivity index (χ0n) is 16.1. The van der Waals surface area contributed by atoms with E-state index in [1.807, 2.05) is 6.08 Å². The zero-order valence-corrected chi connectivity index (χ0v) is 16.1. The van der Waals surface area contributed by atoms with Crippen molar-refractivity contribution < 1.29 is 15.3 Å². The van der Waals surface area contributed by atoms with Gasteiger partial charge in [0.15, 0.2) is 0 Å². The average molecular weight is 341 g/mol. The molecule has 0 saturated heterocycles. The molecule has 3 N–H and O–H groups in total. The Morgan fingerprint density at radius 3 is 1.71 bits per heavy atom. The highest BCUT2D eigenvalue weighted by molar-refractivity contribution is 5.11. The third-order valence-corrected chi connectivity index (χ3v) is 4.42. The van der Waals surface area contributed by atoms with Crippen molar-refractivity contribution in [2.24, 2.45) is 0 Å². The Morgan fingerprint density at radius 2 is 1.25 bits per heavy atom. The van der Waals surface area contributed by atoms with E-state index in [1.54, 1.807) is 19.9 Å². The fraction of sp³-hybridized carbons (Fsp3) is 0.810. The molecule has 2 atom stereocenters. The van der Waals surface area contributed by atoms with E-state index in [2.05, 4.69) is 6.92 Å². The van der Waals surface area contributed by atoms with E-state index in [4.69, 9.17) is 0 Å². The molecule has 0 saturated carbocycles. The summed E-state index contributed by atoms with van der Waals surface area (Å²) >= 11 is 0. The number of hydrogen-bond donors (Lipinski definition) is 3. The quantitative estimate of drug-likeness (QED) is 0.200. The van der Waals surface area contributed by atoms with Crippen molar-refractivity contribution in [3.05, 3.63) is 23.5 Å². The second kappa shape index (κ2) is 15.7. The topological polar surface area (TPSA) is 60.7 Å². The number of allylic oxidation sites excluding steroid dienone is 2. The third kappa shape index (κ3) is 12.6. The third-order valence-electron chi connectivity index (χ3n) is 4.42. The molecule has 0 aliphatic heterocycles. The van der Waals surface area contributed by atoms with Crippen molar-refractivity contribution in [2.45, 2.75) is 110 Å². The monoisotopic (exact) mass is 340 g/mol. The summed E-state index contributed by atoms with van der Waals surface area (Å²) in [7, 11) is 0. The fourth-order valence-corrected chi connectivity index (χ4v) is 2.72. The van der Waals surface area contributed by atoms with Crippen LogP contribution in [-0.4, -0.2) is 27.5 Å². The first-order valence-corrected chi connectivity index (χ1v) is 9.89. The van der Waals surface area contributed by atoms with E-state index in [-0.39, 0.29) is 5.76 Å². The number of aliphatic hydroxyl groups excluding tert-OH is 3. The highest BCUT2D eigenvalue weighted by Crippen LogP contribution is 2.13. The SMILES string of the molecule is CCCCCCCCCCCCC/C=C/[C@@H](O)[C@@H](O)C(O)=C(C)C. The normalized spacial score (nSPS) is 14.0. The van der Waals surface area contributed by atoms with Crippen LogP contribution in [0.25, 0.3) is 0 Å². The Kier molecular flexibility index (Phi) is 15.2. The van der Waals surface area contributed by atoms with Crippen molar-refractivity contribution in [1.29, 1.82) is 0 Å². The summed E-state index contributed by atoms with van der Waals surface area (Å²) in [6, 6.07) is 0. The van der Waals surface area contributed by atoms with Gasteiger partial charge in [-0.3, -0.25) is 0 Å². The second-order valence-corrected chi connectivity index (χ2v) is 7.07. The van der Waals surface area contributed by atoms with Crippen molar-refractivity contribution in [3.8, 4) is 0 Å². The summed E-state index contributed by atoms with van der Waals surface area (Å²) in [4.78, 5) is 0. The van der Waals surface area contributed by atoms with Crippen LogP contribution in [0.15, 0.2) is 23.5 Å². The standard InChI is InChI=1S/C21H40O3/c1-4-5-6-7-8-9-10-11-12-13-14-15-16-17-19(22)21(24)20(23)18(2)3/h16-17,19,21-24H,4-15H2,1-3H3/b17-16+/t19-,21-/m1/s1. The molecule has 0 aromatic rings. The highest BCUT2D eigenvalue weighted by Gasteiger charge is 2.18. The number of aliphatic hydroxyl groups is 3. The molecule has 0 spiro atoms. The smallest absolute Gasteiger partial charge is 0.140 e. The van der Waals surface area contributed by atoms with E-state index in [1.165, 1.54) is 64.2 Å². The Balaban J connectivity index is 3.51. The lowest BCUT2D eigenvalue weighted by Crippen LogP contribution is -2.26. The van der Waals surface area contributed by atoms with Crippen molar-refractivity contribution in [3.63, 3.8) is 0 Å². The van der Waals surface area contributed by atoms with E-state index >= 15 is 0 Å². The minimum absolute atomic E-state index is 0.137. The molecule has 0 rings (SSSR count). The maximum Gasteiger partial charge on any atom is 0.140 e. The summed E-state index contributed by atoms with van der Waals surface area (Å²) < 4.78 is 0. The molecule has 0 bridgehead atoms. The summed E-state index contributed by atoms with van der Waals surface area (Å²) in [5, 5.41) is 29.1. The molecule has 0 aliphatic carbocycles. The summed E-state index contributed by atoms with van der Waals surface area (Å²) in [6.07, 6.45) is 16.7. The van der Waals surface area contributed by atoms with Gasteiger partial charge in [-0.15, -0.1) is 0 Å². The predicted octanol–water partition coefficient (Wildman–Crippen LogP) is 5.82. The van der Waals surface area contributed by atoms with E-state index in [0.29, 0.717) is 5.57 Å². The molecule has 0 fully saturated rings. The average Bonchev–Trinajstić information content (AvgIpc) is 2.57. The highest BCUT2D eigenvalue weighted by atomic mass is 16.4. The first-order valence-electron chi connectivity index (χ1n) is 9.89. The molecule has 0 aromatic heterocycles. The van der Waals surface area contributed by atoms with Crippen molar-refractivity contribution in [2.75, 3.05) is 0 Å². The fourth-order valence-electron chi connectivity index (χ4n) is 2.72. The van der Waals surface area contributed by atoms with Gasteiger partial charge < -0.3 is 15.3 Å². The van der Waals surface area contributed by atoms with Crippen LogP contribution in [0.1, 0.15) is 97.8 Å². The Morgan fingerprint density at radius 1 is 0.792 bits per heavy atom. The molecule has 3 nitrogen and oxygen atoms in total. The second-order valence-electron chi connectivity index (χ2n) is 7.07. The van der Waals surface area contributed by atoms with E-state index in [9.17, 15) is 15.3 Å². The number of hydrogen-bond acceptors (Lipinski definition) is 3. The molecular formula is C21H40O3.